The van der Waals surface area contributed by atoms with Gasteiger partial charge in [0.15, 0.2) is 0 Å². The minimum Gasteiger partial charge on any atom is -0.497 e. The lowest BCUT2D eigenvalue weighted by Crippen LogP contribution is -2.53. The highest BCUT2D eigenvalue weighted by molar-refractivity contribution is 7.92. The molecule has 1 heterocycles. The Morgan fingerprint density at radius 2 is 1.79 bits per heavy atom. The maximum atomic E-state index is 14.2. The number of halogens is 1. The van der Waals surface area contributed by atoms with E-state index in [1.807, 2.05) is 51.1 Å². The number of carbonyl (C=O) groups is 1. The molecule has 3 aromatic rings. The van der Waals surface area contributed by atoms with E-state index in [-0.39, 0.29) is 28.8 Å². The van der Waals surface area contributed by atoms with Gasteiger partial charge in [-0.05, 0) is 66.1 Å². The summed E-state index contributed by atoms with van der Waals surface area (Å²) in [6, 6.07) is 19.4. The molecule has 3 aromatic carbocycles. The third-order valence-corrected chi connectivity index (χ3v) is 9.10. The molecule has 1 fully saturated rings. The number of hydrogen-bond acceptors (Lipinski definition) is 4. The fourth-order valence-corrected chi connectivity index (χ4v) is 6.87. The number of carboxylic acid groups (broad SMARTS) is 1. The van der Waals surface area contributed by atoms with Crippen LogP contribution in [0.1, 0.15) is 33.6 Å². The fraction of sp³-hybridized carbons (Fsp3) is 0.367. The standard InChI is InChI=1S/C30H35FN2O5S/c1-30(2,3)28-17-21(15-16-32(28)29(34)35)20-33(39(36,37)25-12-8-11-23(31)18-25)27-14-13-24(38-4)19-26(27)22-9-6-5-7-10-22/h5-14,18-19,21,28H,15-17,20H2,1-4H3,(H,34,35). The maximum Gasteiger partial charge on any atom is 0.407 e. The van der Waals surface area contributed by atoms with Crippen molar-refractivity contribution in [3.05, 3.63) is 78.6 Å². The van der Waals surface area contributed by atoms with Gasteiger partial charge in [0.1, 0.15) is 11.6 Å². The topological polar surface area (TPSA) is 87.2 Å². The van der Waals surface area contributed by atoms with E-state index in [0.717, 1.165) is 11.6 Å². The van der Waals surface area contributed by atoms with E-state index in [2.05, 4.69) is 0 Å². The van der Waals surface area contributed by atoms with Crippen molar-refractivity contribution >= 4 is 21.8 Å². The van der Waals surface area contributed by atoms with Gasteiger partial charge in [-0.1, -0.05) is 57.2 Å². The second kappa shape index (κ2) is 11.3. The van der Waals surface area contributed by atoms with E-state index in [9.17, 15) is 22.7 Å². The quantitative estimate of drug-likeness (QED) is 0.360. The molecule has 1 N–H and O–H groups in total. The molecule has 39 heavy (non-hydrogen) atoms. The van der Waals surface area contributed by atoms with Crippen LogP contribution >= 0.6 is 0 Å². The highest BCUT2D eigenvalue weighted by Gasteiger charge is 2.40. The van der Waals surface area contributed by atoms with Gasteiger partial charge in [0, 0.05) is 24.7 Å². The Morgan fingerprint density at radius 1 is 1.08 bits per heavy atom. The number of sulfonamides is 1. The van der Waals surface area contributed by atoms with Gasteiger partial charge in [-0.15, -0.1) is 0 Å². The highest BCUT2D eigenvalue weighted by Crippen LogP contribution is 2.40. The van der Waals surface area contributed by atoms with Crippen molar-refractivity contribution in [1.29, 1.82) is 0 Å². The number of hydrogen-bond donors (Lipinski definition) is 1. The molecule has 2 atom stereocenters. The van der Waals surface area contributed by atoms with Crippen molar-refractivity contribution in [2.24, 2.45) is 11.3 Å². The normalized spacial score (nSPS) is 18.0. The number of amides is 1. The third kappa shape index (κ3) is 6.19. The summed E-state index contributed by atoms with van der Waals surface area (Å²) in [5.74, 6) is -0.196. The Hall–Kier alpha value is -3.59. The summed E-state index contributed by atoms with van der Waals surface area (Å²) < 4.78 is 49.4. The predicted octanol–water partition coefficient (Wildman–Crippen LogP) is 6.50. The first-order chi connectivity index (χ1) is 18.4. The minimum atomic E-state index is -4.19. The molecule has 0 spiro atoms. The predicted molar refractivity (Wildman–Crippen MR) is 150 cm³/mol. The van der Waals surface area contributed by atoms with Crippen molar-refractivity contribution in [3.63, 3.8) is 0 Å². The molecule has 9 heteroatoms. The lowest BCUT2D eigenvalue weighted by atomic mass is 9.77. The Bertz CT molecular complexity index is 1420. The van der Waals surface area contributed by atoms with E-state index in [1.54, 1.807) is 25.3 Å². The van der Waals surface area contributed by atoms with Gasteiger partial charge >= 0.3 is 6.09 Å². The second-order valence-electron chi connectivity index (χ2n) is 11.0. The molecule has 0 aliphatic carbocycles. The number of benzene rings is 3. The first kappa shape index (κ1) is 28.4. The largest absolute Gasteiger partial charge is 0.497 e. The van der Waals surface area contributed by atoms with Crippen LogP contribution in [-0.4, -0.2) is 50.8 Å². The zero-order valence-corrected chi connectivity index (χ0v) is 23.5. The number of methoxy groups -OCH3 is 1. The lowest BCUT2D eigenvalue weighted by molar-refractivity contribution is 0.0423. The Kier molecular flexibility index (Phi) is 8.20. The van der Waals surface area contributed by atoms with Crippen LogP contribution in [0.4, 0.5) is 14.9 Å². The minimum absolute atomic E-state index is 0.116. The van der Waals surface area contributed by atoms with Crippen LogP contribution in [-0.2, 0) is 10.0 Å². The highest BCUT2D eigenvalue weighted by atomic mass is 32.2. The summed E-state index contributed by atoms with van der Waals surface area (Å²) in [4.78, 5) is 13.3. The smallest absolute Gasteiger partial charge is 0.407 e. The fourth-order valence-electron chi connectivity index (χ4n) is 5.28. The van der Waals surface area contributed by atoms with Crippen molar-refractivity contribution < 1.29 is 27.4 Å². The molecule has 0 bridgehead atoms. The summed E-state index contributed by atoms with van der Waals surface area (Å²) in [6.07, 6.45) is 0.0336. The monoisotopic (exact) mass is 554 g/mol. The van der Waals surface area contributed by atoms with E-state index >= 15 is 0 Å². The van der Waals surface area contributed by atoms with Crippen LogP contribution in [0.15, 0.2) is 77.7 Å². The second-order valence-corrected chi connectivity index (χ2v) is 12.9. The van der Waals surface area contributed by atoms with E-state index in [4.69, 9.17) is 4.74 Å². The number of anilines is 1. The first-order valence-electron chi connectivity index (χ1n) is 12.9. The first-order valence-corrected chi connectivity index (χ1v) is 14.4. The summed E-state index contributed by atoms with van der Waals surface area (Å²) in [6.45, 7) is 6.41. The Morgan fingerprint density at radius 3 is 2.41 bits per heavy atom. The van der Waals surface area contributed by atoms with Gasteiger partial charge in [0.2, 0.25) is 0 Å². The molecule has 2 unspecified atom stereocenters. The molecule has 1 aliphatic rings. The van der Waals surface area contributed by atoms with E-state index in [0.29, 0.717) is 36.4 Å². The van der Waals surface area contributed by atoms with Crippen molar-refractivity contribution in [2.45, 2.75) is 44.6 Å². The summed E-state index contributed by atoms with van der Waals surface area (Å²) in [5, 5.41) is 9.81. The Balaban J connectivity index is 1.83. The molecule has 7 nitrogen and oxygen atoms in total. The molecule has 1 saturated heterocycles. The van der Waals surface area contributed by atoms with Gasteiger partial charge in [0.05, 0.1) is 17.7 Å². The van der Waals surface area contributed by atoms with Crippen molar-refractivity contribution in [1.82, 2.24) is 4.90 Å². The summed E-state index contributed by atoms with van der Waals surface area (Å²) in [7, 11) is -2.64. The molecule has 4 rings (SSSR count). The summed E-state index contributed by atoms with van der Waals surface area (Å²) in [5.41, 5.74) is 1.57. The molecule has 1 aliphatic heterocycles. The van der Waals surface area contributed by atoms with Gasteiger partial charge in [0.25, 0.3) is 10.0 Å². The molecule has 0 saturated carbocycles. The number of likely N-dealkylation sites (tertiary alicyclic amines) is 1. The molecule has 0 radical (unpaired) electrons. The zero-order chi connectivity index (χ0) is 28.4. The van der Waals surface area contributed by atoms with Gasteiger partial charge in [-0.2, -0.15) is 0 Å². The van der Waals surface area contributed by atoms with Crippen LogP contribution in [0.3, 0.4) is 0 Å². The van der Waals surface area contributed by atoms with Crippen LogP contribution in [0, 0.1) is 17.2 Å². The number of rotatable bonds is 7. The molecule has 0 aromatic heterocycles. The molecule has 1 amide bonds. The van der Waals surface area contributed by atoms with Crippen LogP contribution < -0.4 is 9.04 Å². The number of piperidine rings is 1. The molecule has 208 valence electrons. The van der Waals surface area contributed by atoms with E-state index < -0.39 is 21.9 Å². The van der Waals surface area contributed by atoms with Crippen LogP contribution in [0.5, 0.6) is 5.75 Å². The summed E-state index contributed by atoms with van der Waals surface area (Å²) >= 11 is 0. The third-order valence-electron chi connectivity index (χ3n) is 7.32. The van der Waals surface area contributed by atoms with E-state index in [1.165, 1.54) is 27.4 Å². The van der Waals surface area contributed by atoms with Crippen molar-refractivity contribution in [3.8, 4) is 16.9 Å². The number of ether oxygens (including phenoxy) is 1. The average molecular weight is 555 g/mol. The number of nitrogens with zero attached hydrogens (tertiary/aromatic N) is 2. The van der Waals surface area contributed by atoms with Gasteiger partial charge < -0.3 is 14.7 Å². The van der Waals surface area contributed by atoms with Crippen molar-refractivity contribution in [2.75, 3.05) is 24.5 Å². The SMILES string of the molecule is COc1ccc(N(CC2CCN(C(=O)O)C(C(C)(C)C)C2)S(=O)(=O)c2cccc(F)c2)c(-c2ccccc2)c1. The maximum absolute atomic E-state index is 14.2. The lowest BCUT2D eigenvalue weighted by Gasteiger charge is -2.45. The Labute approximate surface area is 229 Å². The molecular weight excluding hydrogens is 519 g/mol. The van der Waals surface area contributed by atoms with Gasteiger partial charge in [-0.25, -0.2) is 17.6 Å². The van der Waals surface area contributed by atoms with Crippen LogP contribution in [0.25, 0.3) is 11.1 Å². The average Bonchev–Trinajstić information content (AvgIpc) is 2.91. The van der Waals surface area contributed by atoms with Crippen LogP contribution in [0.2, 0.25) is 0 Å². The van der Waals surface area contributed by atoms with Gasteiger partial charge in [-0.3, -0.25) is 4.31 Å². The zero-order valence-electron chi connectivity index (χ0n) is 22.7. The molecular formula is C30H35FN2O5S.